The van der Waals surface area contributed by atoms with Gasteiger partial charge in [-0.1, -0.05) is 13.3 Å². The number of hydrogen-bond donors (Lipinski definition) is 2. The number of carbonyl (C=O) groups is 1. The Bertz CT molecular complexity index is 308. The van der Waals surface area contributed by atoms with Crippen molar-refractivity contribution in [2.75, 3.05) is 19.4 Å². The molecule has 1 aliphatic carbocycles. The van der Waals surface area contributed by atoms with Crippen molar-refractivity contribution < 1.29 is 13.7 Å². The van der Waals surface area contributed by atoms with Gasteiger partial charge in [-0.3, -0.25) is 9.00 Å². The minimum atomic E-state index is -0.759. The summed E-state index contributed by atoms with van der Waals surface area (Å²) in [4.78, 5) is 11.9. The summed E-state index contributed by atoms with van der Waals surface area (Å²) in [5, 5.41) is 3.25. The van der Waals surface area contributed by atoms with E-state index in [4.69, 9.17) is 10.5 Å². The Balaban J connectivity index is 2.39. The third-order valence-electron chi connectivity index (χ3n) is 3.66. The summed E-state index contributed by atoms with van der Waals surface area (Å²) in [7, 11) is 0.802. The van der Waals surface area contributed by atoms with Crippen LogP contribution in [0.25, 0.3) is 0 Å². The van der Waals surface area contributed by atoms with Gasteiger partial charge in [0.15, 0.2) is 0 Å². The van der Waals surface area contributed by atoms with Gasteiger partial charge in [-0.15, -0.1) is 0 Å². The third-order valence-corrected chi connectivity index (χ3v) is 5.40. The molecule has 0 aliphatic heterocycles. The maximum Gasteiger partial charge on any atom is 0.222 e. The van der Waals surface area contributed by atoms with E-state index < -0.39 is 10.8 Å². The SMILES string of the molecule is CCS(=O)C1CCCC(NC(=O)CC(CN)OC)C1. The van der Waals surface area contributed by atoms with Gasteiger partial charge in [0, 0.05) is 41.5 Å². The smallest absolute Gasteiger partial charge is 0.222 e. The maximum absolute atomic E-state index is 11.9. The number of methoxy groups -OCH3 is 1. The van der Waals surface area contributed by atoms with Crippen molar-refractivity contribution in [2.24, 2.45) is 5.73 Å². The molecular weight excluding hydrogens is 264 g/mol. The Morgan fingerprint density at radius 2 is 2.26 bits per heavy atom. The number of amides is 1. The van der Waals surface area contributed by atoms with Crippen LogP contribution >= 0.6 is 0 Å². The first kappa shape index (κ1) is 16.6. The first-order valence-electron chi connectivity index (χ1n) is 7.00. The Hall–Kier alpha value is -0.460. The van der Waals surface area contributed by atoms with Gasteiger partial charge in [-0.05, 0) is 19.3 Å². The molecule has 1 fully saturated rings. The molecule has 3 N–H and O–H groups in total. The van der Waals surface area contributed by atoms with Gasteiger partial charge in [-0.2, -0.15) is 0 Å². The highest BCUT2D eigenvalue weighted by Gasteiger charge is 2.26. The molecule has 1 aliphatic rings. The molecule has 4 atom stereocenters. The summed E-state index contributed by atoms with van der Waals surface area (Å²) in [6, 6.07) is 0.150. The van der Waals surface area contributed by atoms with E-state index in [0.29, 0.717) is 18.7 Å². The van der Waals surface area contributed by atoms with E-state index in [2.05, 4.69) is 5.32 Å². The Labute approximate surface area is 118 Å². The lowest BCUT2D eigenvalue weighted by Crippen LogP contribution is -2.42. The molecule has 6 heteroatoms. The van der Waals surface area contributed by atoms with E-state index in [1.54, 1.807) is 7.11 Å². The molecule has 4 unspecified atom stereocenters. The molecule has 1 saturated carbocycles. The molecule has 112 valence electrons. The first-order chi connectivity index (χ1) is 9.10. The number of rotatable bonds is 7. The lowest BCUT2D eigenvalue weighted by atomic mass is 9.95. The number of nitrogens with two attached hydrogens (primary N) is 1. The molecule has 5 nitrogen and oxygen atoms in total. The summed E-state index contributed by atoms with van der Waals surface area (Å²) < 4.78 is 16.9. The van der Waals surface area contributed by atoms with Crippen LogP contribution in [-0.2, 0) is 20.3 Å². The van der Waals surface area contributed by atoms with Gasteiger partial charge < -0.3 is 15.8 Å². The van der Waals surface area contributed by atoms with E-state index in [1.165, 1.54) is 0 Å². The monoisotopic (exact) mass is 290 g/mol. The van der Waals surface area contributed by atoms with Gasteiger partial charge in [-0.25, -0.2) is 0 Å². The van der Waals surface area contributed by atoms with Crippen molar-refractivity contribution in [2.45, 2.75) is 56.4 Å². The predicted octanol–water partition coefficient (Wildman–Crippen LogP) is 0.546. The highest BCUT2D eigenvalue weighted by atomic mass is 32.2. The van der Waals surface area contributed by atoms with Crippen molar-refractivity contribution in [1.82, 2.24) is 5.32 Å². The van der Waals surface area contributed by atoms with Crippen LogP contribution in [0.2, 0.25) is 0 Å². The molecule has 0 aromatic rings. The van der Waals surface area contributed by atoms with Gasteiger partial charge in [0.25, 0.3) is 0 Å². The lowest BCUT2D eigenvalue weighted by Gasteiger charge is -2.29. The summed E-state index contributed by atoms with van der Waals surface area (Å²) in [5.74, 6) is 0.676. The summed E-state index contributed by atoms with van der Waals surface area (Å²) in [6.45, 7) is 2.29. The Morgan fingerprint density at radius 1 is 1.53 bits per heavy atom. The van der Waals surface area contributed by atoms with Crippen molar-refractivity contribution >= 4 is 16.7 Å². The van der Waals surface area contributed by atoms with Crippen LogP contribution in [0.5, 0.6) is 0 Å². The van der Waals surface area contributed by atoms with Gasteiger partial charge in [0.05, 0.1) is 12.5 Å². The third kappa shape index (κ3) is 5.58. The molecule has 0 aromatic carbocycles. The highest BCUT2D eigenvalue weighted by molar-refractivity contribution is 7.85. The molecular formula is C13H26N2O3S. The molecule has 1 amide bonds. The quantitative estimate of drug-likeness (QED) is 0.717. The van der Waals surface area contributed by atoms with E-state index in [9.17, 15) is 9.00 Å². The van der Waals surface area contributed by atoms with Crippen LogP contribution < -0.4 is 11.1 Å². The zero-order chi connectivity index (χ0) is 14.3. The van der Waals surface area contributed by atoms with Crippen molar-refractivity contribution in [1.29, 1.82) is 0 Å². The first-order valence-corrected chi connectivity index (χ1v) is 8.38. The standard InChI is InChI=1S/C13H26N2O3S/c1-3-19(17)12-6-4-5-10(7-12)15-13(16)8-11(9-14)18-2/h10-12H,3-9,14H2,1-2H3,(H,15,16). The molecule has 0 spiro atoms. The molecule has 1 rings (SSSR count). The average molecular weight is 290 g/mol. The fourth-order valence-electron chi connectivity index (χ4n) is 2.51. The van der Waals surface area contributed by atoms with Crippen molar-refractivity contribution in [3.63, 3.8) is 0 Å². The zero-order valence-electron chi connectivity index (χ0n) is 11.9. The zero-order valence-corrected chi connectivity index (χ0v) is 12.7. The second-order valence-corrected chi connectivity index (χ2v) is 7.03. The predicted molar refractivity (Wildman–Crippen MR) is 77.3 cm³/mol. The molecule has 0 radical (unpaired) electrons. The average Bonchev–Trinajstić information content (AvgIpc) is 2.44. The minimum absolute atomic E-state index is 0.0229. The largest absolute Gasteiger partial charge is 0.380 e. The fraction of sp³-hybridized carbons (Fsp3) is 0.923. The highest BCUT2D eigenvalue weighted by Crippen LogP contribution is 2.23. The van der Waals surface area contributed by atoms with Crippen LogP contribution in [-0.4, -0.2) is 46.9 Å². The van der Waals surface area contributed by atoms with E-state index in [-0.39, 0.29) is 23.3 Å². The summed E-state index contributed by atoms with van der Waals surface area (Å²) in [5.41, 5.74) is 5.50. The normalized spacial score (nSPS) is 26.7. The number of carbonyl (C=O) groups excluding carboxylic acids is 1. The van der Waals surface area contributed by atoms with E-state index in [0.717, 1.165) is 25.7 Å². The Kier molecular flexibility index (Phi) is 7.56. The number of ether oxygens (including phenoxy) is 1. The topological polar surface area (TPSA) is 81.4 Å². The van der Waals surface area contributed by atoms with Crippen LogP contribution in [0.15, 0.2) is 0 Å². The van der Waals surface area contributed by atoms with Crippen LogP contribution in [0, 0.1) is 0 Å². The van der Waals surface area contributed by atoms with Gasteiger partial charge in [0.1, 0.15) is 0 Å². The molecule has 0 saturated heterocycles. The number of hydrogen-bond acceptors (Lipinski definition) is 4. The van der Waals surface area contributed by atoms with Crippen LogP contribution in [0.1, 0.15) is 39.0 Å². The maximum atomic E-state index is 11.9. The van der Waals surface area contributed by atoms with Gasteiger partial charge in [0.2, 0.25) is 5.91 Å². The minimum Gasteiger partial charge on any atom is -0.380 e. The second-order valence-electron chi connectivity index (χ2n) is 5.02. The van der Waals surface area contributed by atoms with Crippen molar-refractivity contribution in [3.8, 4) is 0 Å². The molecule has 0 bridgehead atoms. The molecule has 0 heterocycles. The summed E-state index contributed by atoms with van der Waals surface area (Å²) in [6.07, 6.45) is 3.92. The second kappa shape index (κ2) is 8.66. The van der Waals surface area contributed by atoms with Gasteiger partial charge >= 0.3 is 0 Å². The van der Waals surface area contributed by atoms with Crippen molar-refractivity contribution in [3.05, 3.63) is 0 Å². The van der Waals surface area contributed by atoms with E-state index in [1.807, 2.05) is 6.92 Å². The molecule has 0 aromatic heterocycles. The summed E-state index contributed by atoms with van der Waals surface area (Å²) >= 11 is 0. The Morgan fingerprint density at radius 3 is 2.84 bits per heavy atom. The molecule has 19 heavy (non-hydrogen) atoms. The fourth-order valence-corrected chi connectivity index (χ4v) is 3.85. The lowest BCUT2D eigenvalue weighted by molar-refractivity contribution is -0.124. The number of nitrogens with one attached hydrogen (secondary N) is 1. The van der Waals surface area contributed by atoms with Crippen LogP contribution in [0.3, 0.4) is 0 Å². The van der Waals surface area contributed by atoms with Crippen LogP contribution in [0.4, 0.5) is 0 Å². The van der Waals surface area contributed by atoms with E-state index >= 15 is 0 Å².